The van der Waals surface area contributed by atoms with Gasteiger partial charge in [0, 0.05) is 0 Å². The van der Waals surface area contributed by atoms with Crippen LogP contribution >= 0.6 is 0 Å². The normalized spacial score (nSPS) is 12.6. The van der Waals surface area contributed by atoms with E-state index < -0.39 is 22.8 Å². The van der Waals surface area contributed by atoms with E-state index in [1.165, 1.54) is 17.0 Å². The summed E-state index contributed by atoms with van der Waals surface area (Å²) in [5.74, 6) is 0. The molecule has 0 amide bonds. The van der Waals surface area contributed by atoms with E-state index in [4.69, 9.17) is 0 Å². The molecule has 1 aromatic rings. The maximum absolute atomic E-state index is 11.8. The van der Waals surface area contributed by atoms with Gasteiger partial charge in [0.15, 0.2) is 6.61 Å². The van der Waals surface area contributed by atoms with E-state index in [9.17, 15) is 21.6 Å². The number of hydrogen-bond donors (Lipinski definition) is 1. The number of halogens is 3. The van der Waals surface area contributed by atoms with Crippen molar-refractivity contribution < 1.29 is 26.4 Å². The van der Waals surface area contributed by atoms with Crippen molar-refractivity contribution in [2.45, 2.75) is 30.8 Å². The van der Waals surface area contributed by atoms with Gasteiger partial charge in [-0.1, -0.05) is 30.4 Å². The summed E-state index contributed by atoms with van der Waals surface area (Å²) in [7, 11) is -4.09. The van der Waals surface area contributed by atoms with Gasteiger partial charge in [-0.3, -0.25) is 4.84 Å². The van der Waals surface area contributed by atoms with Crippen molar-refractivity contribution in [2.75, 3.05) is 6.61 Å². The lowest BCUT2D eigenvalue weighted by molar-refractivity contribution is -0.181. The molecule has 1 N–H and O–H groups in total. The Morgan fingerprint density at radius 3 is 2.26 bits per heavy atom. The van der Waals surface area contributed by atoms with Crippen LogP contribution in [-0.2, 0) is 21.3 Å². The van der Waals surface area contributed by atoms with Crippen molar-refractivity contribution in [2.24, 2.45) is 0 Å². The molecule has 8 heteroatoms. The summed E-state index contributed by atoms with van der Waals surface area (Å²) in [6.07, 6.45) is -2.87. The Kier molecular flexibility index (Phi) is 5.33. The van der Waals surface area contributed by atoms with Crippen LogP contribution in [0, 0.1) is 0 Å². The van der Waals surface area contributed by atoms with Crippen LogP contribution in [0.2, 0.25) is 0 Å². The lowest BCUT2D eigenvalue weighted by Crippen LogP contribution is -2.29. The third-order valence-electron chi connectivity index (χ3n) is 2.18. The van der Waals surface area contributed by atoms with Gasteiger partial charge in [0.05, 0.1) is 4.90 Å². The van der Waals surface area contributed by atoms with Gasteiger partial charge in [-0.2, -0.15) is 13.2 Å². The third kappa shape index (κ3) is 5.58. The molecule has 0 radical (unpaired) electrons. The summed E-state index contributed by atoms with van der Waals surface area (Å²) in [5, 5.41) is 0. The van der Waals surface area contributed by atoms with Gasteiger partial charge in [0.1, 0.15) is 0 Å². The molecule has 4 nitrogen and oxygen atoms in total. The zero-order valence-corrected chi connectivity index (χ0v) is 11.0. The van der Waals surface area contributed by atoms with Crippen molar-refractivity contribution in [1.82, 2.24) is 4.89 Å². The maximum atomic E-state index is 11.8. The highest BCUT2D eigenvalue weighted by Gasteiger charge is 2.29. The molecule has 0 aromatic heterocycles. The summed E-state index contributed by atoms with van der Waals surface area (Å²) in [6.45, 7) is 0.303. The molecule has 0 spiro atoms. The maximum Gasteiger partial charge on any atom is 0.413 e. The van der Waals surface area contributed by atoms with Crippen molar-refractivity contribution in [3.8, 4) is 0 Å². The van der Waals surface area contributed by atoms with E-state index in [-0.39, 0.29) is 4.90 Å². The molecule has 0 saturated carbocycles. The summed E-state index contributed by atoms with van der Waals surface area (Å²) in [5.41, 5.74) is 0.956. The molecular weight excluding hydrogens is 283 g/mol. The van der Waals surface area contributed by atoms with Gasteiger partial charge < -0.3 is 0 Å². The first kappa shape index (κ1) is 15.9. The summed E-state index contributed by atoms with van der Waals surface area (Å²) in [4.78, 5) is 5.22. The average Bonchev–Trinajstić information content (AvgIpc) is 2.28. The number of hydrogen-bond acceptors (Lipinski definition) is 3. The van der Waals surface area contributed by atoms with Gasteiger partial charge in [-0.05, 0) is 24.1 Å². The van der Waals surface area contributed by atoms with Crippen molar-refractivity contribution in [3.05, 3.63) is 29.8 Å². The predicted octanol–water partition coefficient (Wildman–Crippen LogP) is 2.41. The monoisotopic (exact) mass is 297 g/mol. The molecule has 0 fully saturated rings. The molecule has 0 aliphatic heterocycles. The summed E-state index contributed by atoms with van der Waals surface area (Å²) >= 11 is 0. The minimum absolute atomic E-state index is 0.144. The molecular formula is C11H14F3NO3S. The fourth-order valence-corrected chi connectivity index (χ4v) is 2.17. The molecule has 0 heterocycles. The first-order valence-corrected chi connectivity index (χ1v) is 7.02. The quantitative estimate of drug-likeness (QED) is 0.820. The Bertz CT molecular complexity index is 497. The van der Waals surface area contributed by atoms with Gasteiger partial charge in [-0.25, -0.2) is 8.42 Å². The number of nitrogens with one attached hydrogen (secondary N) is 1. The van der Waals surface area contributed by atoms with Gasteiger partial charge in [-0.15, -0.1) is 0 Å². The predicted molar refractivity (Wildman–Crippen MR) is 62.8 cm³/mol. The van der Waals surface area contributed by atoms with Gasteiger partial charge in [0.2, 0.25) is 0 Å². The summed E-state index contributed by atoms with van der Waals surface area (Å²) in [6, 6.07) is 5.87. The number of aryl methyl sites for hydroxylation is 1. The Hall–Kier alpha value is -1.12. The minimum Gasteiger partial charge on any atom is -0.277 e. The number of sulfonamides is 1. The Balaban J connectivity index is 2.67. The lowest BCUT2D eigenvalue weighted by atomic mass is 10.1. The summed E-state index contributed by atoms with van der Waals surface area (Å²) < 4.78 is 58.6. The molecule has 19 heavy (non-hydrogen) atoms. The SMILES string of the molecule is CCCc1ccc(S(=O)(=O)NOCC(F)(F)F)cc1. The van der Waals surface area contributed by atoms with Crippen LogP contribution in [0.3, 0.4) is 0 Å². The van der Waals surface area contributed by atoms with Crippen molar-refractivity contribution in [3.63, 3.8) is 0 Å². The van der Waals surface area contributed by atoms with Crippen LogP contribution in [-0.4, -0.2) is 21.2 Å². The Morgan fingerprint density at radius 2 is 1.79 bits per heavy atom. The van der Waals surface area contributed by atoms with Crippen LogP contribution in [0.4, 0.5) is 13.2 Å². The standard InChI is InChI=1S/C11H14F3NO3S/c1-2-3-9-4-6-10(7-5-9)19(16,17)15-18-8-11(12,13)14/h4-7,15H,2-3,8H2,1H3. The molecule has 0 saturated heterocycles. The zero-order valence-electron chi connectivity index (χ0n) is 10.2. The second-order valence-electron chi connectivity index (χ2n) is 3.88. The first-order valence-electron chi connectivity index (χ1n) is 5.54. The van der Waals surface area contributed by atoms with E-state index in [2.05, 4.69) is 4.84 Å². The van der Waals surface area contributed by atoms with Crippen LogP contribution in [0.25, 0.3) is 0 Å². The van der Waals surface area contributed by atoms with Gasteiger partial charge >= 0.3 is 6.18 Å². The average molecular weight is 297 g/mol. The van der Waals surface area contributed by atoms with E-state index in [1.807, 2.05) is 6.92 Å². The van der Waals surface area contributed by atoms with Crippen LogP contribution < -0.4 is 4.89 Å². The number of alkyl halides is 3. The van der Waals surface area contributed by atoms with Crippen LogP contribution in [0.15, 0.2) is 29.2 Å². The molecule has 0 aliphatic carbocycles. The molecule has 0 bridgehead atoms. The minimum atomic E-state index is -4.59. The molecule has 0 aliphatic rings. The second-order valence-corrected chi connectivity index (χ2v) is 5.53. The lowest BCUT2D eigenvalue weighted by Gasteiger charge is -2.09. The fraction of sp³-hybridized carbons (Fsp3) is 0.455. The largest absolute Gasteiger partial charge is 0.413 e. The highest BCUT2D eigenvalue weighted by atomic mass is 32.2. The first-order chi connectivity index (χ1) is 8.74. The molecule has 1 aromatic carbocycles. The van der Waals surface area contributed by atoms with E-state index >= 15 is 0 Å². The topological polar surface area (TPSA) is 55.4 Å². The Morgan fingerprint density at radius 1 is 1.21 bits per heavy atom. The van der Waals surface area contributed by atoms with Gasteiger partial charge in [0.25, 0.3) is 10.0 Å². The Labute approximate surface area is 109 Å². The van der Waals surface area contributed by atoms with Crippen LogP contribution in [0.1, 0.15) is 18.9 Å². The molecule has 0 atom stereocenters. The molecule has 1 rings (SSSR count). The van der Waals surface area contributed by atoms with E-state index in [1.54, 1.807) is 12.1 Å². The molecule has 108 valence electrons. The third-order valence-corrected chi connectivity index (χ3v) is 3.41. The molecule has 0 unspecified atom stereocenters. The van der Waals surface area contributed by atoms with E-state index in [0.717, 1.165) is 18.4 Å². The highest BCUT2D eigenvalue weighted by Crippen LogP contribution is 2.15. The highest BCUT2D eigenvalue weighted by molar-refractivity contribution is 7.89. The van der Waals surface area contributed by atoms with E-state index in [0.29, 0.717) is 0 Å². The smallest absolute Gasteiger partial charge is 0.277 e. The van der Waals surface area contributed by atoms with Crippen LogP contribution in [0.5, 0.6) is 0 Å². The zero-order chi connectivity index (χ0) is 14.5. The fourth-order valence-electron chi connectivity index (χ4n) is 1.36. The number of rotatable bonds is 6. The van der Waals surface area contributed by atoms with Crippen molar-refractivity contribution >= 4 is 10.0 Å². The van der Waals surface area contributed by atoms with Crippen molar-refractivity contribution in [1.29, 1.82) is 0 Å². The second kappa shape index (κ2) is 6.36. The number of benzene rings is 1.